The predicted molar refractivity (Wildman–Crippen MR) is 62.0 cm³/mol. The fourth-order valence-electron chi connectivity index (χ4n) is 1.74. The van der Waals surface area contributed by atoms with Crippen LogP contribution < -0.4 is 0 Å². The van der Waals surface area contributed by atoms with E-state index in [1.54, 1.807) is 11.8 Å². The number of benzene rings is 1. The number of thioether (sulfide) groups is 1. The minimum absolute atomic E-state index is 0.855. The second kappa shape index (κ2) is 4.53. The third-order valence-corrected chi connectivity index (χ3v) is 3.54. The van der Waals surface area contributed by atoms with Gasteiger partial charge in [-0.2, -0.15) is 0 Å². The van der Waals surface area contributed by atoms with E-state index in [0.29, 0.717) is 0 Å². The van der Waals surface area contributed by atoms with Gasteiger partial charge in [0.1, 0.15) is 0 Å². The van der Waals surface area contributed by atoms with Crippen LogP contribution in [0.1, 0.15) is 18.4 Å². The van der Waals surface area contributed by atoms with E-state index in [0.717, 1.165) is 29.7 Å². The Labute approximate surface area is 93.0 Å². The van der Waals surface area contributed by atoms with Crippen molar-refractivity contribution in [3.05, 3.63) is 35.9 Å². The van der Waals surface area contributed by atoms with Crippen molar-refractivity contribution in [3.8, 4) is 0 Å². The Morgan fingerprint density at radius 1 is 1.40 bits per heavy atom. The number of carboxylic acid groups (broad SMARTS) is 1. The van der Waals surface area contributed by atoms with E-state index in [4.69, 9.17) is 5.11 Å². The van der Waals surface area contributed by atoms with Crippen LogP contribution in [0.3, 0.4) is 0 Å². The van der Waals surface area contributed by atoms with Crippen molar-refractivity contribution < 1.29 is 9.90 Å². The van der Waals surface area contributed by atoms with Crippen LogP contribution in [-0.2, 0) is 4.79 Å². The lowest BCUT2D eigenvalue weighted by Crippen LogP contribution is -1.93. The Hall–Kier alpha value is -1.22. The molecular formula is C12H12O2S. The molecular weight excluding hydrogens is 208 g/mol. The van der Waals surface area contributed by atoms with Gasteiger partial charge in [0.15, 0.2) is 0 Å². The number of carboxylic acids is 1. The van der Waals surface area contributed by atoms with Crippen LogP contribution in [0, 0.1) is 0 Å². The maximum Gasteiger partial charge on any atom is 0.328 e. The molecule has 0 spiro atoms. The van der Waals surface area contributed by atoms with Crippen molar-refractivity contribution >= 4 is 23.3 Å². The smallest absolute Gasteiger partial charge is 0.328 e. The molecule has 0 atom stereocenters. The molecule has 0 unspecified atom stereocenters. The van der Waals surface area contributed by atoms with E-state index in [-0.39, 0.29) is 0 Å². The number of rotatable bonds is 1. The molecule has 1 aliphatic rings. The number of fused-ring (bicyclic) bond motifs is 1. The summed E-state index contributed by atoms with van der Waals surface area (Å²) in [4.78, 5) is 11.9. The molecule has 2 rings (SSSR count). The third kappa shape index (κ3) is 2.42. The molecule has 1 N–H and O–H groups in total. The van der Waals surface area contributed by atoms with Crippen molar-refractivity contribution in [3.63, 3.8) is 0 Å². The molecule has 2 nitrogen and oxygen atoms in total. The number of hydrogen-bond acceptors (Lipinski definition) is 2. The highest BCUT2D eigenvalue weighted by Gasteiger charge is 2.12. The topological polar surface area (TPSA) is 37.3 Å². The first-order valence-corrected chi connectivity index (χ1v) is 5.91. The average molecular weight is 220 g/mol. The second-order valence-electron chi connectivity index (χ2n) is 3.46. The minimum atomic E-state index is -0.855. The highest BCUT2D eigenvalue weighted by Crippen LogP contribution is 2.34. The summed E-state index contributed by atoms with van der Waals surface area (Å²) in [5.41, 5.74) is 2.03. The van der Waals surface area contributed by atoms with Crippen LogP contribution >= 0.6 is 11.8 Å². The summed E-state index contributed by atoms with van der Waals surface area (Å²) in [6.45, 7) is 0. The van der Waals surface area contributed by atoms with Crippen LogP contribution in [0.25, 0.3) is 5.57 Å². The van der Waals surface area contributed by atoms with E-state index in [1.807, 2.05) is 18.2 Å². The molecule has 0 saturated heterocycles. The van der Waals surface area contributed by atoms with E-state index in [1.165, 1.54) is 11.0 Å². The molecule has 0 amide bonds. The summed E-state index contributed by atoms with van der Waals surface area (Å²) in [7, 11) is 0. The maximum absolute atomic E-state index is 10.7. The first kappa shape index (κ1) is 10.3. The molecule has 0 fully saturated rings. The highest BCUT2D eigenvalue weighted by molar-refractivity contribution is 7.99. The van der Waals surface area contributed by atoms with Crippen LogP contribution in [0.2, 0.25) is 0 Å². The van der Waals surface area contributed by atoms with Gasteiger partial charge in [0, 0.05) is 11.0 Å². The Balaban J connectivity index is 2.46. The predicted octanol–water partition coefficient (Wildman–Crippen LogP) is 3.04. The van der Waals surface area contributed by atoms with Gasteiger partial charge in [0.25, 0.3) is 0 Å². The monoisotopic (exact) mass is 220 g/mol. The highest BCUT2D eigenvalue weighted by atomic mass is 32.2. The molecule has 0 aromatic heterocycles. The van der Waals surface area contributed by atoms with Crippen LogP contribution in [0.5, 0.6) is 0 Å². The van der Waals surface area contributed by atoms with Gasteiger partial charge in [0.05, 0.1) is 0 Å². The Kier molecular flexibility index (Phi) is 3.11. The molecule has 0 aliphatic carbocycles. The summed E-state index contributed by atoms with van der Waals surface area (Å²) in [5.74, 6) is 0.209. The normalized spacial score (nSPS) is 18.3. The molecule has 1 heterocycles. The van der Waals surface area contributed by atoms with Gasteiger partial charge < -0.3 is 5.11 Å². The van der Waals surface area contributed by atoms with Crippen LogP contribution in [-0.4, -0.2) is 16.8 Å². The molecule has 15 heavy (non-hydrogen) atoms. The molecule has 1 aromatic rings. The summed E-state index contributed by atoms with van der Waals surface area (Å²) < 4.78 is 0. The molecule has 1 aromatic carbocycles. The van der Waals surface area contributed by atoms with Gasteiger partial charge in [-0.1, -0.05) is 18.2 Å². The van der Waals surface area contributed by atoms with E-state index in [9.17, 15) is 4.79 Å². The lowest BCUT2D eigenvalue weighted by Gasteiger charge is -2.06. The minimum Gasteiger partial charge on any atom is -0.478 e. The molecule has 0 radical (unpaired) electrons. The zero-order valence-electron chi connectivity index (χ0n) is 8.27. The zero-order valence-corrected chi connectivity index (χ0v) is 9.09. The van der Waals surface area contributed by atoms with Gasteiger partial charge in [-0.25, -0.2) is 4.79 Å². The summed E-state index contributed by atoms with van der Waals surface area (Å²) in [6, 6.07) is 8.01. The van der Waals surface area contributed by atoms with Crippen LogP contribution in [0.4, 0.5) is 0 Å². The van der Waals surface area contributed by atoms with Gasteiger partial charge in [-0.3, -0.25) is 0 Å². The Morgan fingerprint density at radius 2 is 2.20 bits per heavy atom. The lowest BCUT2D eigenvalue weighted by atomic mass is 10.0. The number of allylic oxidation sites excluding steroid dienone is 1. The van der Waals surface area contributed by atoms with E-state index < -0.39 is 5.97 Å². The third-order valence-electron chi connectivity index (χ3n) is 2.38. The maximum atomic E-state index is 10.7. The van der Waals surface area contributed by atoms with Crippen molar-refractivity contribution in [2.45, 2.75) is 17.7 Å². The molecule has 3 heteroatoms. The second-order valence-corrected chi connectivity index (χ2v) is 4.59. The largest absolute Gasteiger partial charge is 0.478 e. The van der Waals surface area contributed by atoms with Gasteiger partial charge in [-0.05, 0) is 35.8 Å². The zero-order chi connectivity index (χ0) is 10.7. The fourth-order valence-corrected chi connectivity index (χ4v) is 2.77. The molecule has 78 valence electrons. The van der Waals surface area contributed by atoms with Gasteiger partial charge >= 0.3 is 5.97 Å². The quantitative estimate of drug-likeness (QED) is 0.739. The number of aliphatic carboxylic acids is 1. The standard InChI is InChI=1S/C12H12O2S/c13-12(14)8-9-4-3-7-15-11-6-2-1-5-10(9)11/h1-2,5-6,8H,3-4,7H2,(H,13,14). The van der Waals surface area contributed by atoms with E-state index >= 15 is 0 Å². The van der Waals surface area contributed by atoms with Crippen molar-refractivity contribution in [2.24, 2.45) is 0 Å². The first-order chi connectivity index (χ1) is 7.27. The summed E-state index contributed by atoms with van der Waals surface area (Å²) >= 11 is 1.81. The Bertz CT molecular complexity index is 410. The van der Waals surface area contributed by atoms with Crippen molar-refractivity contribution in [1.29, 1.82) is 0 Å². The van der Waals surface area contributed by atoms with Crippen molar-refractivity contribution in [1.82, 2.24) is 0 Å². The van der Waals surface area contributed by atoms with Gasteiger partial charge in [0.2, 0.25) is 0 Å². The Morgan fingerprint density at radius 3 is 3.00 bits per heavy atom. The van der Waals surface area contributed by atoms with Crippen molar-refractivity contribution in [2.75, 3.05) is 5.75 Å². The summed E-state index contributed by atoms with van der Waals surface area (Å²) in [6.07, 6.45) is 3.24. The van der Waals surface area contributed by atoms with Gasteiger partial charge in [-0.15, -0.1) is 11.8 Å². The average Bonchev–Trinajstić information content (AvgIpc) is 2.41. The number of hydrogen-bond donors (Lipinski definition) is 1. The fraction of sp³-hybridized carbons (Fsp3) is 0.250. The molecule has 1 aliphatic heterocycles. The molecule has 0 saturated carbocycles. The van der Waals surface area contributed by atoms with Crippen LogP contribution in [0.15, 0.2) is 35.2 Å². The number of carbonyl (C=O) groups is 1. The first-order valence-electron chi connectivity index (χ1n) is 4.93. The lowest BCUT2D eigenvalue weighted by molar-refractivity contribution is -0.131. The molecule has 0 bridgehead atoms. The SMILES string of the molecule is O=C(O)C=C1CCCSc2ccccc21. The summed E-state index contributed by atoms with van der Waals surface area (Å²) in [5, 5.41) is 8.80. The van der Waals surface area contributed by atoms with E-state index in [2.05, 4.69) is 6.07 Å².